The molecule has 2 aromatic carbocycles. The molecular weight excluding hydrogens is 402 g/mol. The molecule has 1 heterocycles. The maximum atomic E-state index is 11.5. The minimum atomic E-state index is -3.75. The van der Waals surface area contributed by atoms with E-state index >= 15 is 0 Å². The SMILES string of the molecule is CCNC(=O)NCCCc1cc(-c2ccccc2)n(-c2ccc(S(N)(=O)=O)cc2)n1. The van der Waals surface area contributed by atoms with Crippen molar-refractivity contribution in [3.05, 3.63) is 66.4 Å². The largest absolute Gasteiger partial charge is 0.338 e. The average Bonchev–Trinajstić information content (AvgIpc) is 3.16. The third-order valence-corrected chi connectivity index (χ3v) is 5.40. The molecule has 0 aliphatic rings. The molecule has 3 rings (SSSR count). The second kappa shape index (κ2) is 9.55. The van der Waals surface area contributed by atoms with Crippen LogP contribution in [0.5, 0.6) is 0 Å². The van der Waals surface area contributed by atoms with E-state index in [4.69, 9.17) is 10.2 Å². The number of sulfonamides is 1. The zero-order chi connectivity index (χ0) is 21.6. The molecule has 0 spiro atoms. The summed E-state index contributed by atoms with van der Waals surface area (Å²) >= 11 is 0. The number of nitrogens with two attached hydrogens (primary N) is 1. The maximum Gasteiger partial charge on any atom is 0.314 e. The van der Waals surface area contributed by atoms with Gasteiger partial charge >= 0.3 is 6.03 Å². The van der Waals surface area contributed by atoms with Gasteiger partial charge in [0.05, 0.1) is 22.0 Å². The fourth-order valence-electron chi connectivity index (χ4n) is 3.04. The Bertz CT molecular complexity index is 1090. The lowest BCUT2D eigenvalue weighted by molar-refractivity contribution is 0.241. The highest BCUT2D eigenvalue weighted by Crippen LogP contribution is 2.25. The number of primary sulfonamides is 1. The van der Waals surface area contributed by atoms with Gasteiger partial charge in [-0.15, -0.1) is 0 Å². The van der Waals surface area contributed by atoms with Gasteiger partial charge in [-0.25, -0.2) is 23.0 Å². The highest BCUT2D eigenvalue weighted by Gasteiger charge is 2.13. The number of urea groups is 1. The van der Waals surface area contributed by atoms with Crippen LogP contribution in [0.4, 0.5) is 4.79 Å². The zero-order valence-corrected chi connectivity index (χ0v) is 17.5. The normalized spacial score (nSPS) is 11.3. The number of carbonyl (C=O) groups is 1. The molecule has 30 heavy (non-hydrogen) atoms. The number of aromatic nitrogens is 2. The van der Waals surface area contributed by atoms with E-state index < -0.39 is 10.0 Å². The van der Waals surface area contributed by atoms with E-state index in [1.54, 1.807) is 16.8 Å². The van der Waals surface area contributed by atoms with Gasteiger partial charge in [-0.3, -0.25) is 0 Å². The zero-order valence-electron chi connectivity index (χ0n) is 16.7. The molecule has 4 N–H and O–H groups in total. The first-order chi connectivity index (χ1) is 14.4. The summed E-state index contributed by atoms with van der Waals surface area (Å²) in [5.41, 5.74) is 3.49. The van der Waals surface area contributed by atoms with Crippen molar-refractivity contribution in [1.82, 2.24) is 20.4 Å². The van der Waals surface area contributed by atoms with Crippen LogP contribution in [0.15, 0.2) is 65.6 Å². The Kier molecular flexibility index (Phi) is 6.86. The van der Waals surface area contributed by atoms with Crippen LogP contribution >= 0.6 is 0 Å². The number of rotatable bonds is 8. The third-order valence-electron chi connectivity index (χ3n) is 4.47. The van der Waals surface area contributed by atoms with Gasteiger partial charge in [0.15, 0.2) is 0 Å². The van der Waals surface area contributed by atoms with Gasteiger partial charge in [0, 0.05) is 18.7 Å². The Balaban J connectivity index is 1.83. The Morgan fingerprint density at radius 1 is 1.07 bits per heavy atom. The second-order valence-electron chi connectivity index (χ2n) is 6.73. The molecule has 8 nitrogen and oxygen atoms in total. The maximum absolute atomic E-state index is 11.5. The first-order valence-corrected chi connectivity index (χ1v) is 11.2. The molecule has 0 unspecified atom stereocenters. The number of amides is 2. The van der Waals surface area contributed by atoms with Gasteiger partial charge in [0.25, 0.3) is 0 Å². The Morgan fingerprint density at radius 2 is 1.77 bits per heavy atom. The number of nitrogens with zero attached hydrogens (tertiary/aromatic N) is 2. The predicted molar refractivity (Wildman–Crippen MR) is 116 cm³/mol. The first-order valence-electron chi connectivity index (χ1n) is 9.68. The Hall–Kier alpha value is -3.17. The highest BCUT2D eigenvalue weighted by atomic mass is 32.2. The number of aryl methyl sites for hydroxylation is 1. The van der Waals surface area contributed by atoms with Crippen LogP contribution in [-0.4, -0.2) is 37.3 Å². The van der Waals surface area contributed by atoms with Crippen molar-refractivity contribution in [3.8, 4) is 16.9 Å². The number of benzene rings is 2. The predicted octanol–water partition coefficient (Wildman–Crippen LogP) is 2.44. The van der Waals surface area contributed by atoms with E-state index in [2.05, 4.69) is 10.6 Å². The van der Waals surface area contributed by atoms with Crippen LogP contribution < -0.4 is 15.8 Å². The van der Waals surface area contributed by atoms with Gasteiger partial charge in [0.1, 0.15) is 0 Å². The monoisotopic (exact) mass is 427 g/mol. The summed E-state index contributed by atoms with van der Waals surface area (Å²) in [4.78, 5) is 11.5. The van der Waals surface area contributed by atoms with Gasteiger partial charge in [0.2, 0.25) is 10.0 Å². The van der Waals surface area contributed by atoms with Crippen LogP contribution in [0.1, 0.15) is 19.0 Å². The van der Waals surface area contributed by atoms with Crippen LogP contribution in [0, 0.1) is 0 Å². The quantitative estimate of drug-likeness (QED) is 0.478. The van der Waals surface area contributed by atoms with Gasteiger partial charge < -0.3 is 10.6 Å². The topological polar surface area (TPSA) is 119 Å². The minimum absolute atomic E-state index is 0.0521. The smallest absolute Gasteiger partial charge is 0.314 e. The molecule has 0 aliphatic heterocycles. The molecule has 0 bridgehead atoms. The number of hydrogen-bond donors (Lipinski definition) is 3. The van der Waals surface area contributed by atoms with Crippen molar-refractivity contribution in [2.75, 3.05) is 13.1 Å². The molecule has 0 aliphatic carbocycles. The van der Waals surface area contributed by atoms with Gasteiger partial charge in [-0.1, -0.05) is 30.3 Å². The van der Waals surface area contributed by atoms with Gasteiger partial charge in [-0.2, -0.15) is 5.10 Å². The molecule has 0 saturated heterocycles. The van der Waals surface area contributed by atoms with E-state index in [-0.39, 0.29) is 10.9 Å². The van der Waals surface area contributed by atoms with Crippen LogP contribution in [0.3, 0.4) is 0 Å². The lowest BCUT2D eigenvalue weighted by Crippen LogP contribution is -2.35. The fraction of sp³-hybridized carbons (Fsp3) is 0.238. The molecule has 0 atom stereocenters. The molecular formula is C21H25N5O3S. The summed E-state index contributed by atoms with van der Waals surface area (Å²) in [6.45, 7) is 3.00. The summed E-state index contributed by atoms with van der Waals surface area (Å²) in [6.07, 6.45) is 1.43. The average molecular weight is 428 g/mol. The molecule has 0 fully saturated rings. The van der Waals surface area contributed by atoms with Crippen molar-refractivity contribution in [1.29, 1.82) is 0 Å². The van der Waals surface area contributed by atoms with Crippen LogP contribution in [0.25, 0.3) is 16.9 Å². The number of hydrogen-bond acceptors (Lipinski definition) is 4. The summed E-state index contributed by atoms with van der Waals surface area (Å²) in [5, 5.41) is 15.4. The molecule has 3 aromatic rings. The molecule has 2 amide bonds. The standard InChI is InChI=1S/C21H25N5O3S/c1-2-23-21(27)24-14-6-9-17-15-20(16-7-4-3-5-8-16)26(25-17)18-10-12-19(13-11-18)30(22,28)29/h3-5,7-8,10-13,15H,2,6,9,14H2,1H3,(H2,22,28,29)(H2,23,24,27). The van der Waals surface area contributed by atoms with Crippen molar-refractivity contribution in [2.24, 2.45) is 5.14 Å². The van der Waals surface area contributed by atoms with Crippen molar-refractivity contribution in [2.45, 2.75) is 24.7 Å². The lowest BCUT2D eigenvalue weighted by atomic mass is 10.1. The van der Waals surface area contributed by atoms with Crippen LogP contribution in [0.2, 0.25) is 0 Å². The van der Waals surface area contributed by atoms with Crippen LogP contribution in [-0.2, 0) is 16.4 Å². The Morgan fingerprint density at radius 3 is 2.40 bits per heavy atom. The summed E-state index contributed by atoms with van der Waals surface area (Å²) in [6, 6.07) is 18.0. The molecule has 1 aromatic heterocycles. The molecule has 9 heteroatoms. The summed E-state index contributed by atoms with van der Waals surface area (Å²) in [7, 11) is -3.75. The first kappa shape index (κ1) is 21.5. The Labute approximate surface area is 176 Å². The van der Waals surface area contributed by atoms with Gasteiger partial charge in [-0.05, 0) is 50.1 Å². The minimum Gasteiger partial charge on any atom is -0.338 e. The fourth-order valence-corrected chi connectivity index (χ4v) is 3.55. The third kappa shape index (κ3) is 5.46. The van der Waals surface area contributed by atoms with E-state index in [1.807, 2.05) is 43.3 Å². The van der Waals surface area contributed by atoms with E-state index in [9.17, 15) is 13.2 Å². The van der Waals surface area contributed by atoms with Crippen molar-refractivity contribution >= 4 is 16.1 Å². The summed E-state index contributed by atoms with van der Waals surface area (Å²) in [5.74, 6) is 0. The number of carbonyl (C=O) groups excluding carboxylic acids is 1. The van der Waals surface area contributed by atoms with Crippen molar-refractivity contribution in [3.63, 3.8) is 0 Å². The highest BCUT2D eigenvalue weighted by molar-refractivity contribution is 7.89. The van der Waals surface area contributed by atoms with Crippen molar-refractivity contribution < 1.29 is 13.2 Å². The molecule has 0 radical (unpaired) electrons. The van der Waals surface area contributed by atoms with E-state index in [1.165, 1.54) is 12.1 Å². The molecule has 158 valence electrons. The number of nitrogens with one attached hydrogen (secondary N) is 2. The second-order valence-corrected chi connectivity index (χ2v) is 8.29. The van der Waals surface area contributed by atoms with E-state index in [0.29, 0.717) is 19.5 Å². The lowest BCUT2D eigenvalue weighted by Gasteiger charge is -2.08. The summed E-state index contributed by atoms with van der Waals surface area (Å²) < 4.78 is 24.8. The van der Waals surface area contributed by atoms with E-state index in [0.717, 1.165) is 29.1 Å². The molecule has 0 saturated carbocycles.